The van der Waals surface area contributed by atoms with Crippen LogP contribution in [0.5, 0.6) is 0 Å². The van der Waals surface area contributed by atoms with Crippen molar-refractivity contribution in [3.05, 3.63) is 57.3 Å². The number of hydrogen-bond donors (Lipinski definition) is 2. The van der Waals surface area contributed by atoms with Crippen molar-refractivity contribution < 1.29 is 9.90 Å². The topological polar surface area (TPSA) is 74.6 Å². The first-order valence-electron chi connectivity index (χ1n) is 7.46. The molecule has 0 atom stereocenters. The summed E-state index contributed by atoms with van der Waals surface area (Å²) >= 11 is 1.20. The van der Waals surface area contributed by atoms with Gasteiger partial charge in [-0.15, -0.1) is 11.3 Å². The number of aryl methyl sites for hydroxylation is 2. The summed E-state index contributed by atoms with van der Waals surface area (Å²) in [5.74, 6) is -0.252. The zero-order chi connectivity index (χ0) is 17.3. The standard InChI is InChI=1S/C18H17N3O2S/c1-10-5-4-6-13-11(2)9-16(19-17(10)13)21-20-12(3)14-7-8-15(24-14)18(22)23/h4-9H,1-3H3,(H,19,21)(H,22,23)/b20-12-. The summed E-state index contributed by atoms with van der Waals surface area (Å²) in [6.07, 6.45) is 0. The lowest BCUT2D eigenvalue weighted by atomic mass is 10.1. The van der Waals surface area contributed by atoms with Gasteiger partial charge >= 0.3 is 5.97 Å². The number of aromatic carboxylic acids is 1. The fourth-order valence-corrected chi connectivity index (χ4v) is 3.25. The van der Waals surface area contributed by atoms with Crippen molar-refractivity contribution in [3.8, 4) is 0 Å². The zero-order valence-electron chi connectivity index (χ0n) is 13.6. The van der Waals surface area contributed by atoms with E-state index in [0.717, 1.165) is 32.6 Å². The number of fused-ring (bicyclic) bond motifs is 1. The average Bonchev–Trinajstić information content (AvgIpc) is 3.04. The van der Waals surface area contributed by atoms with E-state index < -0.39 is 5.97 Å². The third-order valence-corrected chi connectivity index (χ3v) is 4.94. The van der Waals surface area contributed by atoms with E-state index in [4.69, 9.17) is 5.11 Å². The van der Waals surface area contributed by atoms with E-state index in [-0.39, 0.29) is 0 Å². The quantitative estimate of drug-likeness (QED) is 0.544. The number of carboxylic acid groups (broad SMARTS) is 1. The Balaban J connectivity index is 1.89. The van der Waals surface area contributed by atoms with Gasteiger partial charge in [-0.25, -0.2) is 9.78 Å². The highest BCUT2D eigenvalue weighted by molar-refractivity contribution is 7.15. The van der Waals surface area contributed by atoms with Gasteiger partial charge in [-0.05, 0) is 50.1 Å². The van der Waals surface area contributed by atoms with Gasteiger partial charge in [0.05, 0.1) is 16.1 Å². The molecule has 122 valence electrons. The maximum absolute atomic E-state index is 11.0. The predicted molar refractivity (Wildman–Crippen MR) is 98.3 cm³/mol. The van der Waals surface area contributed by atoms with Crippen LogP contribution in [0.25, 0.3) is 10.9 Å². The minimum Gasteiger partial charge on any atom is -0.477 e. The van der Waals surface area contributed by atoms with E-state index in [1.54, 1.807) is 12.1 Å². The molecular formula is C18H17N3O2S. The first-order valence-corrected chi connectivity index (χ1v) is 8.28. The van der Waals surface area contributed by atoms with Gasteiger partial charge in [-0.3, -0.25) is 5.43 Å². The van der Waals surface area contributed by atoms with Crippen molar-refractivity contribution in [2.45, 2.75) is 20.8 Å². The molecule has 0 aliphatic rings. The van der Waals surface area contributed by atoms with Gasteiger partial charge in [0.25, 0.3) is 0 Å². The van der Waals surface area contributed by atoms with Gasteiger partial charge in [0.15, 0.2) is 0 Å². The minimum absolute atomic E-state index is 0.301. The third kappa shape index (κ3) is 3.14. The molecule has 0 bridgehead atoms. The lowest BCUT2D eigenvalue weighted by Gasteiger charge is -2.08. The molecule has 2 aromatic heterocycles. The normalized spacial score (nSPS) is 11.7. The molecule has 0 saturated carbocycles. The van der Waals surface area contributed by atoms with Crippen LogP contribution in [0.4, 0.5) is 5.82 Å². The molecule has 3 rings (SSSR count). The number of carbonyl (C=O) groups is 1. The highest BCUT2D eigenvalue weighted by Crippen LogP contribution is 2.23. The number of anilines is 1. The summed E-state index contributed by atoms with van der Waals surface area (Å²) in [4.78, 5) is 16.7. The number of benzene rings is 1. The SMILES string of the molecule is C/C(=N/Nc1cc(C)c2cccc(C)c2n1)c1ccc(C(=O)O)s1. The van der Waals surface area contributed by atoms with Crippen LogP contribution in [-0.4, -0.2) is 21.8 Å². The molecule has 2 N–H and O–H groups in total. The van der Waals surface area contributed by atoms with Gasteiger partial charge in [-0.1, -0.05) is 18.2 Å². The summed E-state index contributed by atoms with van der Waals surface area (Å²) in [5, 5.41) is 14.5. The van der Waals surface area contributed by atoms with E-state index >= 15 is 0 Å². The van der Waals surface area contributed by atoms with Crippen molar-refractivity contribution in [3.63, 3.8) is 0 Å². The van der Waals surface area contributed by atoms with E-state index in [2.05, 4.69) is 21.6 Å². The van der Waals surface area contributed by atoms with Gasteiger partial charge in [0.2, 0.25) is 0 Å². The van der Waals surface area contributed by atoms with Crippen molar-refractivity contribution in [2.75, 3.05) is 5.43 Å². The van der Waals surface area contributed by atoms with Crippen molar-refractivity contribution in [2.24, 2.45) is 5.10 Å². The fraction of sp³-hybridized carbons (Fsp3) is 0.167. The van der Waals surface area contributed by atoms with Crippen LogP contribution in [0.3, 0.4) is 0 Å². The Kier molecular flexibility index (Phi) is 4.31. The molecule has 1 aromatic carbocycles. The molecule has 0 aliphatic heterocycles. The second-order valence-electron chi connectivity index (χ2n) is 5.57. The molecule has 2 heterocycles. The highest BCUT2D eigenvalue weighted by atomic mass is 32.1. The van der Waals surface area contributed by atoms with Crippen LogP contribution in [0.1, 0.15) is 32.6 Å². The van der Waals surface area contributed by atoms with Gasteiger partial charge < -0.3 is 5.11 Å². The first-order chi connectivity index (χ1) is 11.5. The number of thiophene rings is 1. The molecule has 6 heteroatoms. The maximum Gasteiger partial charge on any atom is 0.345 e. The largest absolute Gasteiger partial charge is 0.477 e. The predicted octanol–water partition coefficient (Wildman–Crippen LogP) is 4.45. The molecule has 0 unspecified atom stereocenters. The number of carboxylic acids is 1. The van der Waals surface area contributed by atoms with Gasteiger partial charge in [0.1, 0.15) is 10.7 Å². The number of hydrazone groups is 1. The molecule has 0 fully saturated rings. The minimum atomic E-state index is -0.922. The Bertz CT molecular complexity index is 960. The smallest absolute Gasteiger partial charge is 0.345 e. The first kappa shape index (κ1) is 16.1. The summed E-state index contributed by atoms with van der Waals surface area (Å²) in [7, 11) is 0. The summed E-state index contributed by atoms with van der Waals surface area (Å²) in [5.41, 5.74) is 6.90. The van der Waals surface area contributed by atoms with Gasteiger partial charge in [0, 0.05) is 5.39 Å². The number of nitrogens with zero attached hydrogens (tertiary/aromatic N) is 2. The molecule has 0 saturated heterocycles. The maximum atomic E-state index is 11.0. The number of rotatable bonds is 4. The number of nitrogens with one attached hydrogen (secondary N) is 1. The summed E-state index contributed by atoms with van der Waals surface area (Å²) < 4.78 is 0. The molecular weight excluding hydrogens is 322 g/mol. The number of hydrogen-bond acceptors (Lipinski definition) is 5. The lowest BCUT2D eigenvalue weighted by Crippen LogP contribution is -2.00. The number of para-hydroxylation sites is 1. The van der Waals surface area contributed by atoms with Crippen LogP contribution in [0, 0.1) is 13.8 Å². The second-order valence-corrected chi connectivity index (χ2v) is 6.66. The monoisotopic (exact) mass is 339 g/mol. The molecule has 3 aromatic rings. The molecule has 0 aliphatic carbocycles. The van der Waals surface area contributed by atoms with Gasteiger partial charge in [-0.2, -0.15) is 5.10 Å². The van der Waals surface area contributed by atoms with E-state index in [1.165, 1.54) is 11.3 Å². The fourth-order valence-electron chi connectivity index (χ4n) is 2.46. The number of pyridine rings is 1. The zero-order valence-corrected chi connectivity index (χ0v) is 14.4. The van der Waals surface area contributed by atoms with E-state index in [1.807, 2.05) is 39.0 Å². The molecule has 5 nitrogen and oxygen atoms in total. The average molecular weight is 339 g/mol. The van der Waals surface area contributed by atoms with E-state index in [9.17, 15) is 4.79 Å². The number of aromatic nitrogens is 1. The lowest BCUT2D eigenvalue weighted by molar-refractivity contribution is 0.0702. The Morgan fingerprint density at radius 3 is 2.62 bits per heavy atom. The van der Waals surface area contributed by atoms with Crippen LogP contribution in [-0.2, 0) is 0 Å². The van der Waals surface area contributed by atoms with Crippen LogP contribution >= 0.6 is 11.3 Å². The third-order valence-electron chi connectivity index (χ3n) is 3.76. The Hall–Kier alpha value is -2.73. The van der Waals surface area contributed by atoms with Crippen LogP contribution in [0.2, 0.25) is 0 Å². The Morgan fingerprint density at radius 2 is 1.92 bits per heavy atom. The van der Waals surface area contributed by atoms with Crippen molar-refractivity contribution >= 4 is 39.7 Å². The highest BCUT2D eigenvalue weighted by Gasteiger charge is 2.09. The Labute approximate surface area is 143 Å². The second kappa shape index (κ2) is 6.41. The summed E-state index contributed by atoms with van der Waals surface area (Å²) in [6, 6.07) is 11.4. The molecule has 0 radical (unpaired) electrons. The van der Waals surface area contributed by atoms with Crippen molar-refractivity contribution in [1.29, 1.82) is 0 Å². The van der Waals surface area contributed by atoms with E-state index in [0.29, 0.717) is 10.7 Å². The van der Waals surface area contributed by atoms with Crippen molar-refractivity contribution in [1.82, 2.24) is 4.98 Å². The van der Waals surface area contributed by atoms with Crippen LogP contribution < -0.4 is 5.43 Å². The summed E-state index contributed by atoms with van der Waals surface area (Å²) in [6.45, 7) is 5.92. The van der Waals surface area contributed by atoms with Crippen LogP contribution in [0.15, 0.2) is 41.5 Å². The molecule has 0 amide bonds. The Morgan fingerprint density at radius 1 is 1.17 bits per heavy atom. The molecule has 0 spiro atoms. The molecule has 24 heavy (non-hydrogen) atoms.